The lowest BCUT2D eigenvalue weighted by molar-refractivity contribution is -0.0532. The van der Waals surface area contributed by atoms with E-state index in [0.717, 1.165) is 51.7 Å². The van der Waals surface area contributed by atoms with Crippen LogP contribution in [0.4, 0.5) is 23.4 Å². The van der Waals surface area contributed by atoms with Crippen molar-refractivity contribution >= 4 is 38.4 Å². The lowest BCUT2D eigenvalue weighted by Gasteiger charge is -2.42. The van der Waals surface area contributed by atoms with Gasteiger partial charge in [-0.25, -0.2) is 17.6 Å². The van der Waals surface area contributed by atoms with Gasteiger partial charge < -0.3 is 24.4 Å². The van der Waals surface area contributed by atoms with E-state index < -0.39 is 17.6 Å². The minimum Gasteiger partial charge on any atom is -0.508 e. The molecule has 2 bridgehead atoms. The second-order valence-electron chi connectivity index (χ2n) is 17.2. The number of aromatic hydroxyl groups is 1. The summed E-state index contributed by atoms with van der Waals surface area (Å²) in [6.45, 7) is 4.21. The quantitative estimate of drug-likeness (QED) is 0.0777. The molecule has 0 spiro atoms. The van der Waals surface area contributed by atoms with Gasteiger partial charge in [0.2, 0.25) is 5.92 Å². The molecule has 0 radical (unpaired) electrons. The number of anilines is 1. The number of halogens is 4. The first kappa shape index (κ1) is 38.8. The average molecular weight is 800 g/mol. The fraction of sp³-hybridized carbons (Fsp3) is 0.523. The lowest BCUT2D eigenvalue weighted by atomic mass is 9.90. The summed E-state index contributed by atoms with van der Waals surface area (Å²) < 4.78 is 74.5. The highest BCUT2D eigenvalue weighted by molar-refractivity contribution is 6.18. The maximum Gasteiger partial charge on any atom is 0.319 e. The molecule has 0 amide bonds. The molecule has 4 fully saturated rings. The van der Waals surface area contributed by atoms with Crippen LogP contribution >= 0.6 is 0 Å². The average Bonchev–Trinajstić information content (AvgIpc) is 3.76. The van der Waals surface area contributed by atoms with Crippen LogP contribution in [0.2, 0.25) is 0 Å². The number of ether oxygens (including phenoxy) is 2. The van der Waals surface area contributed by atoms with Crippen LogP contribution in [0.5, 0.6) is 11.8 Å². The van der Waals surface area contributed by atoms with E-state index in [1.54, 1.807) is 18.8 Å². The second kappa shape index (κ2) is 14.8. The first-order chi connectivity index (χ1) is 27.9. The molecule has 306 valence electrons. The molecule has 2 aliphatic carbocycles. The van der Waals surface area contributed by atoms with Crippen molar-refractivity contribution in [1.82, 2.24) is 29.5 Å². The zero-order valence-electron chi connectivity index (χ0n) is 33.2. The SMILES string of the molecule is C#Cc1c(F)ccc2cc(O)cc(-c3c(F)c4nc(OCC5(CN(C)C6CCC(F)(F)CC6)CC5)nc(N5C6CCC5CN(CCCOC)C6)c4c4cn(C)nc34)c12. The molecule has 14 heteroatoms. The highest BCUT2D eigenvalue weighted by atomic mass is 19.3. The number of terminal acetylenes is 1. The molecular formula is C44H49F4N7O3. The van der Waals surface area contributed by atoms with Gasteiger partial charge in [0.15, 0.2) is 5.82 Å². The molecule has 5 aromatic rings. The monoisotopic (exact) mass is 799 g/mol. The number of piperazine rings is 1. The lowest BCUT2D eigenvalue weighted by Crippen LogP contribution is -2.54. The van der Waals surface area contributed by atoms with Crippen molar-refractivity contribution in [2.24, 2.45) is 12.5 Å². The molecule has 4 aliphatic rings. The first-order valence-corrected chi connectivity index (χ1v) is 20.4. The molecule has 2 aliphatic heterocycles. The van der Waals surface area contributed by atoms with Gasteiger partial charge in [-0.3, -0.25) is 9.58 Å². The predicted octanol–water partition coefficient (Wildman–Crippen LogP) is 7.66. The highest BCUT2D eigenvalue weighted by Crippen LogP contribution is 2.49. The van der Waals surface area contributed by atoms with Gasteiger partial charge in [0.25, 0.3) is 0 Å². The highest BCUT2D eigenvalue weighted by Gasteiger charge is 2.47. The number of hydrogen-bond donors (Lipinski definition) is 1. The Morgan fingerprint density at radius 1 is 1.00 bits per heavy atom. The molecule has 2 saturated heterocycles. The summed E-state index contributed by atoms with van der Waals surface area (Å²) in [7, 11) is 5.47. The summed E-state index contributed by atoms with van der Waals surface area (Å²) in [5.41, 5.74) is 0.302. The number of phenols is 1. The Kier molecular flexibility index (Phi) is 9.92. The smallest absolute Gasteiger partial charge is 0.319 e. The topological polar surface area (TPSA) is 92.0 Å². The van der Waals surface area contributed by atoms with E-state index in [9.17, 15) is 13.9 Å². The number of likely N-dealkylation sites (tertiary alicyclic amines) is 1. The molecule has 58 heavy (non-hydrogen) atoms. The van der Waals surface area contributed by atoms with Gasteiger partial charge in [-0.05, 0) is 81.1 Å². The van der Waals surface area contributed by atoms with Gasteiger partial charge in [-0.2, -0.15) is 15.1 Å². The molecular weight excluding hydrogens is 751 g/mol. The number of benzene rings is 3. The van der Waals surface area contributed by atoms with E-state index in [4.69, 9.17) is 31.0 Å². The molecule has 4 heterocycles. The number of aromatic nitrogens is 4. The van der Waals surface area contributed by atoms with Crippen LogP contribution < -0.4 is 9.64 Å². The standard InChI is InChI=1S/C44H49F4N7O3/c1-5-31-34(45)10-7-26-19-30(56)20-32(35(26)31)36-38(46)40-37(33-23-53(3)51-39(33)36)41(55-28-8-9-29(55)22-54(21-28)17-6-18-57-4)50-42(49-40)58-25-43(15-16-43)24-52(2)27-11-13-44(47,48)14-12-27/h1,7,10,19-20,23,27-29,56H,6,8-9,11-18,21-22,24-25H2,2-4H3. The summed E-state index contributed by atoms with van der Waals surface area (Å²) in [6, 6.07) is 5.96. The maximum absolute atomic E-state index is 17.9. The van der Waals surface area contributed by atoms with Crippen LogP contribution in [0, 0.1) is 29.4 Å². The third-order valence-corrected chi connectivity index (χ3v) is 13.1. The Labute approximate surface area is 335 Å². The predicted molar refractivity (Wildman–Crippen MR) is 215 cm³/mol. The van der Waals surface area contributed by atoms with Gasteiger partial charge in [-0.1, -0.05) is 12.0 Å². The number of nitrogens with zero attached hydrogens (tertiary/aromatic N) is 7. The van der Waals surface area contributed by atoms with Crippen LogP contribution in [-0.2, 0) is 11.8 Å². The Bertz CT molecular complexity index is 2420. The number of alkyl halides is 2. The third kappa shape index (κ3) is 6.98. The van der Waals surface area contributed by atoms with Gasteiger partial charge >= 0.3 is 6.01 Å². The van der Waals surface area contributed by atoms with Crippen molar-refractivity contribution in [3.8, 4) is 35.2 Å². The fourth-order valence-corrected chi connectivity index (χ4v) is 9.99. The number of methoxy groups -OCH3 is 1. The maximum atomic E-state index is 17.9. The minimum absolute atomic E-state index is 0.0256. The van der Waals surface area contributed by atoms with E-state index in [1.807, 2.05) is 13.2 Å². The molecule has 9 rings (SSSR count). The molecule has 1 N–H and O–H groups in total. The van der Waals surface area contributed by atoms with Crippen molar-refractivity contribution in [3.05, 3.63) is 47.7 Å². The number of hydrogen-bond acceptors (Lipinski definition) is 9. The van der Waals surface area contributed by atoms with Gasteiger partial charge in [-0.15, -0.1) is 6.42 Å². The van der Waals surface area contributed by atoms with Crippen LogP contribution in [0.15, 0.2) is 30.5 Å². The Hall–Kier alpha value is -4.71. The largest absolute Gasteiger partial charge is 0.508 e. The van der Waals surface area contributed by atoms with Crippen molar-refractivity contribution in [2.75, 3.05) is 58.5 Å². The molecule has 2 aromatic heterocycles. The number of phenolic OH excluding ortho intramolecular Hbond substituents is 1. The summed E-state index contributed by atoms with van der Waals surface area (Å²) in [6.07, 6.45) is 13.0. The summed E-state index contributed by atoms with van der Waals surface area (Å²) in [4.78, 5) is 16.9. The van der Waals surface area contributed by atoms with Crippen molar-refractivity contribution < 1.29 is 32.1 Å². The van der Waals surface area contributed by atoms with E-state index in [0.29, 0.717) is 53.5 Å². The number of fused-ring (bicyclic) bond motifs is 6. The van der Waals surface area contributed by atoms with Crippen LogP contribution in [0.3, 0.4) is 0 Å². The summed E-state index contributed by atoms with van der Waals surface area (Å²) in [5, 5.41) is 17.5. The Balaban J connectivity index is 1.16. The fourth-order valence-electron chi connectivity index (χ4n) is 9.99. The Morgan fingerprint density at radius 2 is 1.74 bits per heavy atom. The van der Waals surface area contributed by atoms with Gasteiger partial charge in [0.05, 0.1) is 17.6 Å². The molecule has 2 atom stereocenters. The normalized spacial score (nSPS) is 21.7. The molecule has 2 unspecified atom stereocenters. The van der Waals surface area contributed by atoms with Crippen molar-refractivity contribution in [1.29, 1.82) is 0 Å². The van der Waals surface area contributed by atoms with Gasteiger partial charge in [0.1, 0.15) is 28.4 Å². The van der Waals surface area contributed by atoms with E-state index in [-0.39, 0.29) is 82.3 Å². The second-order valence-corrected chi connectivity index (χ2v) is 17.2. The van der Waals surface area contributed by atoms with Crippen LogP contribution in [0.25, 0.3) is 43.7 Å². The van der Waals surface area contributed by atoms with E-state index >= 15 is 8.78 Å². The minimum atomic E-state index is -2.59. The molecule has 3 aromatic carbocycles. The van der Waals surface area contributed by atoms with E-state index in [2.05, 4.69) is 20.6 Å². The first-order valence-electron chi connectivity index (χ1n) is 20.4. The van der Waals surface area contributed by atoms with Crippen molar-refractivity contribution in [3.63, 3.8) is 0 Å². The van der Waals surface area contributed by atoms with Crippen LogP contribution in [0.1, 0.15) is 63.4 Å². The summed E-state index contributed by atoms with van der Waals surface area (Å²) >= 11 is 0. The van der Waals surface area contributed by atoms with Gasteiger partial charge in [0, 0.05) is 106 Å². The Morgan fingerprint density at radius 3 is 2.43 bits per heavy atom. The molecule has 2 saturated carbocycles. The number of aryl methyl sites for hydroxylation is 1. The zero-order valence-corrected chi connectivity index (χ0v) is 33.2. The van der Waals surface area contributed by atoms with E-state index in [1.165, 1.54) is 24.3 Å². The van der Waals surface area contributed by atoms with Crippen molar-refractivity contribution in [2.45, 2.75) is 81.8 Å². The van der Waals surface area contributed by atoms with Crippen LogP contribution in [-0.4, -0.2) is 112 Å². The number of rotatable bonds is 12. The third-order valence-electron chi connectivity index (χ3n) is 13.1. The summed E-state index contributed by atoms with van der Waals surface area (Å²) in [5.74, 6) is -1.07. The zero-order chi connectivity index (χ0) is 40.5. The molecule has 10 nitrogen and oxygen atoms in total.